The van der Waals surface area contributed by atoms with Crippen molar-refractivity contribution in [1.29, 1.82) is 0 Å². The van der Waals surface area contributed by atoms with Gasteiger partial charge in [0.2, 0.25) is 0 Å². The van der Waals surface area contributed by atoms with Crippen LogP contribution in [-0.4, -0.2) is 41.4 Å². The molecule has 3 aromatic rings. The second-order valence-electron chi connectivity index (χ2n) is 6.36. The smallest absolute Gasteiger partial charge is 0.268 e. The van der Waals surface area contributed by atoms with E-state index >= 15 is 0 Å². The number of fused-ring (bicyclic) bond motifs is 1. The van der Waals surface area contributed by atoms with Crippen LogP contribution in [0.5, 0.6) is 0 Å². The molecule has 2 aromatic carbocycles. The maximum absolute atomic E-state index is 13.1. The van der Waals surface area contributed by atoms with Gasteiger partial charge in [-0.25, -0.2) is 12.4 Å². The molecule has 6 nitrogen and oxygen atoms in total. The maximum Gasteiger partial charge on any atom is 0.268 e. The molecule has 1 fully saturated rings. The lowest BCUT2D eigenvalue weighted by molar-refractivity contribution is -0.0222. The van der Waals surface area contributed by atoms with Gasteiger partial charge in [-0.1, -0.05) is 36.4 Å². The average molecular weight is 373 g/mol. The van der Waals surface area contributed by atoms with Gasteiger partial charge in [0.25, 0.3) is 10.0 Å². The van der Waals surface area contributed by atoms with E-state index in [-0.39, 0.29) is 11.5 Å². The lowest BCUT2D eigenvalue weighted by atomic mass is 10.0. The van der Waals surface area contributed by atoms with Gasteiger partial charge in [-0.2, -0.15) is 0 Å². The number of aromatic nitrogens is 1. The summed E-state index contributed by atoms with van der Waals surface area (Å²) in [4.78, 5) is 0.202. The van der Waals surface area contributed by atoms with Crippen LogP contribution in [0.4, 0.5) is 0 Å². The highest BCUT2D eigenvalue weighted by Crippen LogP contribution is 2.38. The third-order valence-electron chi connectivity index (χ3n) is 4.76. The SMILES string of the molecule is O=S(=O)(c1ccccc1)n1cc([C@H]2C[C@@H](O)[C@@H](CO)O2)c2ccccc21. The number of nitrogens with zero attached hydrogens (tertiary/aromatic N) is 1. The van der Waals surface area contributed by atoms with Crippen molar-refractivity contribution in [2.75, 3.05) is 6.61 Å². The molecule has 136 valence electrons. The normalized spacial score (nSPS) is 23.5. The van der Waals surface area contributed by atoms with E-state index < -0.39 is 28.3 Å². The number of hydrogen-bond donors (Lipinski definition) is 2. The quantitative estimate of drug-likeness (QED) is 0.731. The summed E-state index contributed by atoms with van der Waals surface area (Å²) in [5.74, 6) is 0. The van der Waals surface area contributed by atoms with Gasteiger partial charge >= 0.3 is 0 Å². The number of aliphatic hydroxyl groups is 2. The lowest BCUT2D eigenvalue weighted by Crippen LogP contribution is -2.24. The Morgan fingerprint density at radius 3 is 2.46 bits per heavy atom. The van der Waals surface area contributed by atoms with E-state index in [1.165, 1.54) is 3.97 Å². The summed E-state index contributed by atoms with van der Waals surface area (Å²) in [5, 5.41) is 20.1. The average Bonchev–Trinajstić information content (AvgIpc) is 3.23. The van der Waals surface area contributed by atoms with Gasteiger partial charge < -0.3 is 14.9 Å². The zero-order valence-corrected chi connectivity index (χ0v) is 14.7. The molecule has 1 aliphatic heterocycles. The van der Waals surface area contributed by atoms with Crippen LogP contribution >= 0.6 is 0 Å². The van der Waals surface area contributed by atoms with Crippen molar-refractivity contribution in [3.8, 4) is 0 Å². The Balaban J connectivity index is 1.86. The summed E-state index contributed by atoms with van der Waals surface area (Å²) in [5.41, 5.74) is 1.24. The van der Waals surface area contributed by atoms with Gasteiger partial charge in [-0.3, -0.25) is 0 Å². The third-order valence-corrected chi connectivity index (χ3v) is 6.45. The minimum Gasteiger partial charge on any atom is -0.394 e. The molecule has 1 aromatic heterocycles. The summed E-state index contributed by atoms with van der Waals surface area (Å²) >= 11 is 0. The molecule has 1 aliphatic rings. The van der Waals surface area contributed by atoms with E-state index in [0.717, 1.165) is 5.39 Å². The molecule has 7 heteroatoms. The zero-order valence-electron chi connectivity index (χ0n) is 13.9. The van der Waals surface area contributed by atoms with Crippen molar-refractivity contribution >= 4 is 20.9 Å². The third kappa shape index (κ3) is 2.73. The predicted octanol–water partition coefficient (Wildman–Crippen LogP) is 2.06. The summed E-state index contributed by atoms with van der Waals surface area (Å²) in [6, 6.07) is 15.4. The Bertz CT molecular complexity index is 1030. The molecule has 0 bridgehead atoms. The van der Waals surface area contributed by atoms with Crippen molar-refractivity contribution in [3.63, 3.8) is 0 Å². The van der Waals surface area contributed by atoms with Crippen LogP contribution in [0.2, 0.25) is 0 Å². The fraction of sp³-hybridized carbons (Fsp3) is 0.263. The summed E-state index contributed by atoms with van der Waals surface area (Å²) in [7, 11) is -3.76. The molecule has 4 rings (SSSR count). The van der Waals surface area contributed by atoms with Crippen LogP contribution in [-0.2, 0) is 14.8 Å². The van der Waals surface area contributed by atoms with Crippen molar-refractivity contribution in [3.05, 3.63) is 66.4 Å². The van der Waals surface area contributed by atoms with Crippen molar-refractivity contribution in [1.82, 2.24) is 3.97 Å². The zero-order chi connectivity index (χ0) is 18.3. The minimum absolute atomic E-state index is 0.202. The summed E-state index contributed by atoms with van der Waals surface area (Å²) in [6.45, 7) is -0.279. The molecule has 0 saturated carbocycles. The Morgan fingerprint density at radius 1 is 1.08 bits per heavy atom. The van der Waals surface area contributed by atoms with Gasteiger partial charge in [-0.05, 0) is 18.2 Å². The predicted molar refractivity (Wildman–Crippen MR) is 96.3 cm³/mol. The Labute approximate surface area is 151 Å². The van der Waals surface area contributed by atoms with E-state index in [1.54, 1.807) is 48.7 Å². The molecule has 0 spiro atoms. The van der Waals surface area contributed by atoms with Crippen molar-refractivity contribution in [2.45, 2.75) is 29.6 Å². The molecule has 0 unspecified atom stereocenters. The van der Waals surface area contributed by atoms with Gasteiger partial charge in [0.1, 0.15) is 6.10 Å². The van der Waals surface area contributed by atoms with Crippen LogP contribution < -0.4 is 0 Å². The first-order valence-corrected chi connectivity index (χ1v) is 9.81. The van der Waals surface area contributed by atoms with Crippen molar-refractivity contribution < 1.29 is 23.4 Å². The topological polar surface area (TPSA) is 88.8 Å². The van der Waals surface area contributed by atoms with Crippen LogP contribution in [0.15, 0.2) is 65.7 Å². The van der Waals surface area contributed by atoms with E-state index in [1.807, 2.05) is 12.1 Å². The highest BCUT2D eigenvalue weighted by atomic mass is 32.2. The van der Waals surface area contributed by atoms with Crippen LogP contribution in [0, 0.1) is 0 Å². The fourth-order valence-electron chi connectivity index (χ4n) is 3.43. The van der Waals surface area contributed by atoms with E-state index in [2.05, 4.69) is 0 Å². The summed E-state index contributed by atoms with van der Waals surface area (Å²) in [6.07, 6.45) is -0.0423. The van der Waals surface area contributed by atoms with Gasteiger partial charge in [0.05, 0.1) is 29.2 Å². The van der Waals surface area contributed by atoms with Gasteiger partial charge in [0.15, 0.2) is 0 Å². The maximum atomic E-state index is 13.1. The molecular weight excluding hydrogens is 354 g/mol. The van der Waals surface area contributed by atoms with Crippen LogP contribution in [0.3, 0.4) is 0 Å². The van der Waals surface area contributed by atoms with Crippen LogP contribution in [0.25, 0.3) is 10.9 Å². The second-order valence-corrected chi connectivity index (χ2v) is 8.18. The largest absolute Gasteiger partial charge is 0.394 e. The molecule has 2 N–H and O–H groups in total. The molecule has 0 radical (unpaired) electrons. The molecular formula is C19H19NO5S. The molecule has 3 atom stereocenters. The molecule has 0 aliphatic carbocycles. The van der Waals surface area contributed by atoms with Crippen LogP contribution in [0.1, 0.15) is 18.1 Å². The number of para-hydroxylation sites is 1. The Morgan fingerprint density at radius 2 is 1.77 bits per heavy atom. The first-order chi connectivity index (χ1) is 12.5. The first kappa shape index (κ1) is 17.2. The second kappa shape index (κ2) is 6.51. The van der Waals surface area contributed by atoms with E-state index in [9.17, 15) is 18.6 Å². The highest BCUT2D eigenvalue weighted by Gasteiger charge is 2.36. The van der Waals surface area contributed by atoms with Gasteiger partial charge in [0, 0.05) is 23.6 Å². The monoisotopic (exact) mass is 373 g/mol. The van der Waals surface area contributed by atoms with E-state index in [0.29, 0.717) is 17.5 Å². The van der Waals surface area contributed by atoms with Crippen molar-refractivity contribution in [2.24, 2.45) is 0 Å². The first-order valence-electron chi connectivity index (χ1n) is 8.37. The summed E-state index contributed by atoms with van der Waals surface area (Å²) < 4.78 is 33.2. The lowest BCUT2D eigenvalue weighted by Gasteiger charge is -2.11. The molecule has 26 heavy (non-hydrogen) atoms. The molecule has 1 saturated heterocycles. The minimum atomic E-state index is -3.76. The Kier molecular flexibility index (Phi) is 4.32. The Hall–Kier alpha value is -2.19. The highest BCUT2D eigenvalue weighted by molar-refractivity contribution is 7.90. The number of hydrogen-bond acceptors (Lipinski definition) is 5. The number of aliphatic hydroxyl groups excluding tert-OH is 2. The number of rotatable bonds is 4. The fourth-order valence-corrected chi connectivity index (χ4v) is 4.83. The molecule has 2 heterocycles. The van der Waals surface area contributed by atoms with E-state index in [4.69, 9.17) is 4.74 Å². The molecule has 0 amide bonds. The standard InChI is InChI=1S/C19H19NO5S/c21-12-19-17(22)10-18(25-19)15-11-20(16-9-5-4-8-14(15)16)26(23,24)13-6-2-1-3-7-13/h1-9,11,17-19,21-22H,10,12H2/t17-,18-,19-/m1/s1. The number of benzene rings is 2. The van der Waals surface area contributed by atoms with Gasteiger partial charge in [-0.15, -0.1) is 0 Å². The number of ether oxygens (including phenoxy) is 1.